The Balaban J connectivity index is 2.26. The molecule has 0 radical (unpaired) electrons. The predicted octanol–water partition coefficient (Wildman–Crippen LogP) is 3.77. The highest BCUT2D eigenvalue weighted by Gasteiger charge is 2.42. The second kappa shape index (κ2) is 6.08. The molecular weight excluding hydrogens is 234 g/mol. The SMILES string of the molecule is CCn1cc(C(NC)C2(CC(C)C)CCCC2)cn1. The van der Waals surface area contributed by atoms with E-state index in [1.54, 1.807) is 0 Å². The molecule has 1 atom stereocenters. The Morgan fingerprint density at radius 2 is 2.05 bits per heavy atom. The first-order valence-electron chi connectivity index (χ1n) is 7.81. The highest BCUT2D eigenvalue weighted by atomic mass is 15.3. The molecule has 0 aromatic carbocycles. The van der Waals surface area contributed by atoms with Gasteiger partial charge in [-0.15, -0.1) is 0 Å². The van der Waals surface area contributed by atoms with E-state index in [-0.39, 0.29) is 0 Å². The molecule has 1 unspecified atom stereocenters. The van der Waals surface area contributed by atoms with E-state index in [1.807, 2.05) is 4.68 Å². The smallest absolute Gasteiger partial charge is 0.0537 e. The Morgan fingerprint density at radius 3 is 2.53 bits per heavy atom. The molecule has 0 bridgehead atoms. The van der Waals surface area contributed by atoms with Crippen molar-refractivity contribution in [3.8, 4) is 0 Å². The Bertz CT molecular complexity index is 388. The average molecular weight is 263 g/mol. The van der Waals surface area contributed by atoms with Crippen LogP contribution < -0.4 is 5.32 Å². The summed E-state index contributed by atoms with van der Waals surface area (Å²) in [5, 5.41) is 8.05. The quantitative estimate of drug-likeness (QED) is 0.846. The molecule has 1 heterocycles. The summed E-state index contributed by atoms with van der Waals surface area (Å²) in [5.74, 6) is 0.759. The van der Waals surface area contributed by atoms with Gasteiger partial charge in [0.05, 0.1) is 6.20 Å². The van der Waals surface area contributed by atoms with Crippen LogP contribution in [0, 0.1) is 11.3 Å². The number of aromatic nitrogens is 2. The molecule has 19 heavy (non-hydrogen) atoms. The summed E-state index contributed by atoms with van der Waals surface area (Å²) in [6.45, 7) is 7.79. The van der Waals surface area contributed by atoms with Crippen LogP contribution in [-0.4, -0.2) is 16.8 Å². The standard InChI is InChI=1S/C16H29N3/c1-5-19-12-14(11-18-19)15(17-4)16(10-13(2)3)8-6-7-9-16/h11-13,15,17H,5-10H2,1-4H3. The van der Waals surface area contributed by atoms with Gasteiger partial charge < -0.3 is 5.32 Å². The van der Waals surface area contributed by atoms with Crippen molar-refractivity contribution in [1.82, 2.24) is 15.1 Å². The van der Waals surface area contributed by atoms with Gasteiger partial charge >= 0.3 is 0 Å². The number of hydrogen-bond acceptors (Lipinski definition) is 2. The lowest BCUT2D eigenvalue weighted by molar-refractivity contribution is 0.161. The molecule has 1 aliphatic rings. The van der Waals surface area contributed by atoms with Gasteiger partial charge in [0, 0.05) is 24.3 Å². The van der Waals surface area contributed by atoms with E-state index < -0.39 is 0 Å². The maximum Gasteiger partial charge on any atom is 0.0537 e. The molecule has 2 rings (SSSR count). The zero-order valence-corrected chi connectivity index (χ0v) is 12.9. The Morgan fingerprint density at radius 1 is 1.37 bits per heavy atom. The lowest BCUT2D eigenvalue weighted by Gasteiger charge is -2.38. The van der Waals surface area contributed by atoms with E-state index in [4.69, 9.17) is 0 Å². The molecule has 0 saturated heterocycles. The summed E-state index contributed by atoms with van der Waals surface area (Å²) in [4.78, 5) is 0. The lowest BCUT2D eigenvalue weighted by Crippen LogP contribution is -2.35. The minimum atomic E-state index is 0.435. The fourth-order valence-electron chi connectivity index (χ4n) is 4.03. The summed E-state index contributed by atoms with van der Waals surface area (Å²) in [5.41, 5.74) is 1.80. The number of nitrogens with one attached hydrogen (secondary N) is 1. The van der Waals surface area contributed by atoms with E-state index in [9.17, 15) is 0 Å². The van der Waals surface area contributed by atoms with Gasteiger partial charge in [0.25, 0.3) is 0 Å². The number of nitrogens with zero attached hydrogens (tertiary/aromatic N) is 2. The third kappa shape index (κ3) is 3.02. The summed E-state index contributed by atoms with van der Waals surface area (Å²) >= 11 is 0. The number of rotatable bonds is 6. The molecule has 0 spiro atoms. The molecule has 3 heteroatoms. The van der Waals surface area contributed by atoms with Crippen molar-refractivity contribution in [3.63, 3.8) is 0 Å². The topological polar surface area (TPSA) is 29.9 Å². The van der Waals surface area contributed by atoms with Crippen molar-refractivity contribution >= 4 is 0 Å². The monoisotopic (exact) mass is 263 g/mol. The normalized spacial score (nSPS) is 20.1. The first kappa shape index (κ1) is 14.6. The number of aryl methyl sites for hydroxylation is 1. The van der Waals surface area contributed by atoms with Gasteiger partial charge in [0.1, 0.15) is 0 Å². The zero-order chi connectivity index (χ0) is 13.9. The van der Waals surface area contributed by atoms with Crippen molar-refractivity contribution in [2.24, 2.45) is 11.3 Å². The Kier molecular flexibility index (Phi) is 4.67. The summed E-state index contributed by atoms with van der Waals surface area (Å²) in [7, 11) is 2.11. The maximum atomic E-state index is 4.46. The molecule has 1 aliphatic carbocycles. The molecule has 3 nitrogen and oxygen atoms in total. The molecule has 1 saturated carbocycles. The van der Waals surface area contributed by atoms with E-state index in [0.717, 1.165) is 12.5 Å². The second-order valence-electron chi connectivity index (χ2n) is 6.52. The van der Waals surface area contributed by atoms with Crippen molar-refractivity contribution in [2.75, 3.05) is 7.05 Å². The fourth-order valence-corrected chi connectivity index (χ4v) is 4.03. The summed E-state index contributed by atoms with van der Waals surface area (Å²) in [6.07, 6.45) is 11.1. The van der Waals surface area contributed by atoms with Crippen LogP contribution in [0.1, 0.15) is 64.5 Å². The van der Waals surface area contributed by atoms with Gasteiger partial charge in [0.15, 0.2) is 0 Å². The highest BCUT2D eigenvalue weighted by Crippen LogP contribution is 2.51. The van der Waals surface area contributed by atoms with Crippen LogP contribution in [-0.2, 0) is 6.54 Å². The van der Waals surface area contributed by atoms with Gasteiger partial charge in [-0.05, 0) is 44.6 Å². The average Bonchev–Trinajstić information content (AvgIpc) is 2.99. The van der Waals surface area contributed by atoms with E-state index in [2.05, 4.69) is 50.6 Å². The molecular formula is C16H29N3. The third-order valence-corrected chi connectivity index (χ3v) is 4.63. The molecule has 1 aromatic heterocycles. The van der Waals surface area contributed by atoms with Crippen molar-refractivity contribution in [3.05, 3.63) is 18.0 Å². The van der Waals surface area contributed by atoms with Crippen LogP contribution in [0.25, 0.3) is 0 Å². The molecule has 108 valence electrons. The Labute approximate surface area is 117 Å². The zero-order valence-electron chi connectivity index (χ0n) is 12.9. The molecule has 1 N–H and O–H groups in total. The van der Waals surface area contributed by atoms with Crippen molar-refractivity contribution in [2.45, 2.75) is 65.5 Å². The van der Waals surface area contributed by atoms with E-state index in [1.165, 1.54) is 37.7 Å². The summed E-state index contributed by atoms with van der Waals surface area (Å²) < 4.78 is 2.04. The molecule has 1 aromatic rings. The van der Waals surface area contributed by atoms with Crippen LogP contribution in [0.15, 0.2) is 12.4 Å². The molecule has 0 amide bonds. The van der Waals surface area contributed by atoms with Crippen LogP contribution >= 0.6 is 0 Å². The molecule has 1 fully saturated rings. The Hall–Kier alpha value is -0.830. The lowest BCUT2D eigenvalue weighted by atomic mass is 9.71. The van der Waals surface area contributed by atoms with Crippen LogP contribution in [0.3, 0.4) is 0 Å². The van der Waals surface area contributed by atoms with Gasteiger partial charge in [-0.1, -0.05) is 26.7 Å². The van der Waals surface area contributed by atoms with Gasteiger partial charge in [-0.25, -0.2) is 0 Å². The minimum absolute atomic E-state index is 0.435. The van der Waals surface area contributed by atoms with Crippen molar-refractivity contribution < 1.29 is 0 Å². The predicted molar refractivity (Wildman–Crippen MR) is 80.1 cm³/mol. The van der Waals surface area contributed by atoms with Gasteiger partial charge in [-0.2, -0.15) is 5.10 Å². The van der Waals surface area contributed by atoms with Gasteiger partial charge in [-0.3, -0.25) is 4.68 Å². The van der Waals surface area contributed by atoms with Crippen molar-refractivity contribution in [1.29, 1.82) is 0 Å². The number of hydrogen-bond donors (Lipinski definition) is 1. The highest BCUT2D eigenvalue weighted by molar-refractivity contribution is 5.16. The first-order valence-corrected chi connectivity index (χ1v) is 7.81. The first-order chi connectivity index (χ1) is 9.11. The second-order valence-corrected chi connectivity index (χ2v) is 6.52. The maximum absolute atomic E-state index is 4.46. The van der Waals surface area contributed by atoms with Gasteiger partial charge in [0.2, 0.25) is 0 Å². The van der Waals surface area contributed by atoms with E-state index >= 15 is 0 Å². The largest absolute Gasteiger partial charge is 0.312 e. The third-order valence-electron chi connectivity index (χ3n) is 4.63. The minimum Gasteiger partial charge on any atom is -0.312 e. The fraction of sp³-hybridized carbons (Fsp3) is 0.812. The van der Waals surface area contributed by atoms with Crippen LogP contribution in [0.2, 0.25) is 0 Å². The van der Waals surface area contributed by atoms with E-state index in [0.29, 0.717) is 11.5 Å². The van der Waals surface area contributed by atoms with Crippen LogP contribution in [0.5, 0.6) is 0 Å². The summed E-state index contributed by atoms with van der Waals surface area (Å²) in [6, 6.07) is 0.456. The van der Waals surface area contributed by atoms with Crippen LogP contribution in [0.4, 0.5) is 0 Å². The molecule has 0 aliphatic heterocycles.